The Hall–Kier alpha value is -2.49. The highest BCUT2D eigenvalue weighted by Gasteiger charge is 2.75. The number of aliphatic hydroxyl groups is 1. The summed E-state index contributed by atoms with van der Waals surface area (Å²) in [6, 6.07) is 0. The predicted molar refractivity (Wildman–Crippen MR) is 161 cm³/mol. The lowest BCUT2D eigenvalue weighted by atomic mass is 9.38. The second-order valence-corrected chi connectivity index (χ2v) is 13.1. The molecule has 39 heavy (non-hydrogen) atoms. The molecule has 0 aromatic carbocycles. The van der Waals surface area contributed by atoms with E-state index in [2.05, 4.69) is 12.2 Å². The van der Waals surface area contributed by atoms with Gasteiger partial charge in [0.1, 0.15) is 5.76 Å². The van der Waals surface area contributed by atoms with Crippen LogP contribution in [0.1, 0.15) is 121 Å². The average Bonchev–Trinajstić information content (AvgIpc) is 2.82. The summed E-state index contributed by atoms with van der Waals surface area (Å²) in [6.07, 6.45) is 11.8. The van der Waals surface area contributed by atoms with Crippen LogP contribution in [0.3, 0.4) is 0 Å². The van der Waals surface area contributed by atoms with Gasteiger partial charge in [-0.15, -0.1) is 0 Å². The van der Waals surface area contributed by atoms with Gasteiger partial charge in [-0.05, 0) is 112 Å². The molecule has 0 aliphatic heterocycles. The standard InChI is InChI=1S/C35H52O4/c1-11-13-29(36)35-31(38)28(18-16-25(6)7)30(37)34(32(35)39,21-19-26(8)9)22-27(17-15-24(4)5)33(35,10)20-12-14-23(2)3/h14-16,19,27,38H,11-13,17-18,20-22H2,1-10H3/t27-,33+,34+,35-/m0/s1. The minimum atomic E-state index is -1.73. The van der Waals surface area contributed by atoms with E-state index >= 15 is 0 Å². The first kappa shape index (κ1) is 32.7. The SMILES string of the molecule is CCCC(=O)[C@]12C(=O)[C@](CC=C(C)C)(C[C@H](CC=C(C)C)[C@@]1(C)CCC=C(C)C)C(=O)C(CC=C(C)C)=C2O. The Bertz CT molecular complexity index is 1130. The Balaban J connectivity index is 3.08. The third kappa shape index (κ3) is 6.00. The summed E-state index contributed by atoms with van der Waals surface area (Å²) in [5, 5.41) is 12.2. The smallest absolute Gasteiger partial charge is 0.176 e. The van der Waals surface area contributed by atoms with Crippen LogP contribution >= 0.6 is 0 Å². The highest BCUT2D eigenvalue weighted by atomic mass is 16.3. The van der Waals surface area contributed by atoms with Gasteiger partial charge in [0.2, 0.25) is 0 Å². The zero-order valence-corrected chi connectivity index (χ0v) is 26.2. The van der Waals surface area contributed by atoms with Crippen LogP contribution in [-0.4, -0.2) is 22.5 Å². The molecular formula is C35H52O4. The molecule has 1 saturated carbocycles. The molecule has 0 radical (unpaired) electrons. The summed E-state index contributed by atoms with van der Waals surface area (Å²) in [4.78, 5) is 43.8. The molecule has 4 heteroatoms. The van der Waals surface area contributed by atoms with Gasteiger partial charge in [-0.2, -0.15) is 0 Å². The highest BCUT2D eigenvalue weighted by Crippen LogP contribution is 2.67. The number of carbonyl (C=O) groups excluding carboxylic acids is 3. The topological polar surface area (TPSA) is 71.4 Å². The van der Waals surface area contributed by atoms with Gasteiger partial charge in [0, 0.05) is 12.0 Å². The fourth-order valence-corrected chi connectivity index (χ4v) is 6.77. The fraction of sp³-hybridized carbons (Fsp3) is 0.629. The van der Waals surface area contributed by atoms with Crippen molar-refractivity contribution in [3.63, 3.8) is 0 Å². The van der Waals surface area contributed by atoms with Gasteiger partial charge < -0.3 is 5.11 Å². The van der Waals surface area contributed by atoms with Crippen LogP contribution < -0.4 is 0 Å². The molecule has 4 atom stereocenters. The molecule has 216 valence electrons. The van der Waals surface area contributed by atoms with E-state index in [1.165, 1.54) is 5.57 Å². The molecule has 2 aliphatic rings. The third-order valence-corrected chi connectivity index (χ3v) is 8.97. The maximum absolute atomic E-state index is 15.0. The van der Waals surface area contributed by atoms with Crippen molar-refractivity contribution in [3.8, 4) is 0 Å². The van der Waals surface area contributed by atoms with Gasteiger partial charge in [-0.1, -0.05) is 60.4 Å². The van der Waals surface area contributed by atoms with Crippen molar-refractivity contribution >= 4 is 17.3 Å². The van der Waals surface area contributed by atoms with E-state index in [1.54, 1.807) is 0 Å². The quantitative estimate of drug-likeness (QED) is 0.199. The summed E-state index contributed by atoms with van der Waals surface area (Å²) in [5.41, 5.74) is 0.699. The van der Waals surface area contributed by atoms with Crippen LogP contribution in [0, 0.1) is 22.2 Å². The van der Waals surface area contributed by atoms with Gasteiger partial charge in [0.15, 0.2) is 22.8 Å². The molecule has 0 spiro atoms. The molecule has 2 bridgehead atoms. The van der Waals surface area contributed by atoms with Crippen LogP contribution in [0.15, 0.2) is 57.9 Å². The number of hydrogen-bond acceptors (Lipinski definition) is 4. The molecule has 0 aromatic rings. The van der Waals surface area contributed by atoms with Crippen LogP contribution in [0.2, 0.25) is 0 Å². The van der Waals surface area contributed by atoms with Gasteiger partial charge in [0.25, 0.3) is 0 Å². The molecule has 2 rings (SSSR count). The van der Waals surface area contributed by atoms with Gasteiger partial charge in [0.05, 0.1) is 5.41 Å². The molecule has 0 unspecified atom stereocenters. The lowest BCUT2D eigenvalue weighted by molar-refractivity contribution is -0.177. The lowest BCUT2D eigenvalue weighted by Crippen LogP contribution is -2.69. The van der Waals surface area contributed by atoms with Gasteiger partial charge in [-0.25, -0.2) is 0 Å². The van der Waals surface area contributed by atoms with Crippen molar-refractivity contribution in [1.82, 2.24) is 0 Å². The summed E-state index contributed by atoms with van der Waals surface area (Å²) < 4.78 is 0. The molecule has 2 aliphatic carbocycles. The van der Waals surface area contributed by atoms with Crippen molar-refractivity contribution in [1.29, 1.82) is 0 Å². The number of aliphatic hydroxyl groups excluding tert-OH is 1. The summed E-state index contributed by atoms with van der Waals surface area (Å²) >= 11 is 0. The largest absolute Gasteiger partial charge is 0.510 e. The van der Waals surface area contributed by atoms with Crippen LogP contribution in [0.5, 0.6) is 0 Å². The summed E-state index contributed by atoms with van der Waals surface area (Å²) in [7, 11) is 0. The zero-order chi connectivity index (χ0) is 29.8. The minimum Gasteiger partial charge on any atom is -0.510 e. The van der Waals surface area contributed by atoms with Crippen molar-refractivity contribution in [3.05, 3.63) is 57.9 Å². The Morgan fingerprint density at radius 2 is 1.46 bits per heavy atom. The lowest BCUT2D eigenvalue weighted by Gasteiger charge is -2.61. The van der Waals surface area contributed by atoms with E-state index in [0.717, 1.165) is 16.7 Å². The molecule has 1 N–H and O–H groups in total. The second kappa shape index (κ2) is 12.8. The van der Waals surface area contributed by atoms with E-state index in [1.807, 2.05) is 81.4 Å². The highest BCUT2D eigenvalue weighted by molar-refractivity contribution is 6.27. The number of rotatable bonds is 12. The Labute approximate surface area is 237 Å². The van der Waals surface area contributed by atoms with Crippen LogP contribution in [-0.2, 0) is 14.4 Å². The molecule has 4 nitrogen and oxygen atoms in total. The molecule has 1 fully saturated rings. The van der Waals surface area contributed by atoms with Crippen molar-refractivity contribution < 1.29 is 19.5 Å². The molecule has 0 amide bonds. The number of carbonyl (C=O) groups is 3. The van der Waals surface area contributed by atoms with Crippen LogP contribution in [0.25, 0.3) is 0 Å². The monoisotopic (exact) mass is 536 g/mol. The molecular weight excluding hydrogens is 484 g/mol. The van der Waals surface area contributed by atoms with Gasteiger partial charge >= 0.3 is 0 Å². The normalized spacial score (nSPS) is 28.1. The van der Waals surface area contributed by atoms with Gasteiger partial charge in [-0.3, -0.25) is 14.4 Å². The predicted octanol–water partition coefficient (Wildman–Crippen LogP) is 9.13. The first-order valence-electron chi connectivity index (χ1n) is 14.7. The molecule has 0 heterocycles. The Kier molecular flexibility index (Phi) is 10.7. The Morgan fingerprint density at radius 3 is 1.97 bits per heavy atom. The van der Waals surface area contributed by atoms with E-state index < -0.39 is 16.2 Å². The molecule has 0 aromatic heterocycles. The van der Waals surface area contributed by atoms with E-state index in [4.69, 9.17) is 0 Å². The molecule has 0 saturated heterocycles. The zero-order valence-electron chi connectivity index (χ0n) is 26.2. The number of Topliss-reactive ketones (excluding diaryl/α,β-unsaturated/α-hetero) is 3. The first-order chi connectivity index (χ1) is 18.1. The summed E-state index contributed by atoms with van der Waals surface area (Å²) in [5.74, 6) is -1.31. The van der Waals surface area contributed by atoms with Crippen molar-refractivity contribution in [2.45, 2.75) is 121 Å². The number of hydrogen-bond donors (Lipinski definition) is 1. The maximum Gasteiger partial charge on any atom is 0.176 e. The first-order valence-corrected chi connectivity index (χ1v) is 14.7. The maximum atomic E-state index is 15.0. The Morgan fingerprint density at radius 1 is 0.897 bits per heavy atom. The summed E-state index contributed by atoms with van der Waals surface area (Å²) in [6.45, 7) is 20.0. The van der Waals surface area contributed by atoms with E-state index in [-0.39, 0.29) is 53.9 Å². The third-order valence-electron chi connectivity index (χ3n) is 8.97. The number of ketones is 3. The number of allylic oxidation sites excluding steroid dienone is 10. The number of fused-ring (bicyclic) bond motifs is 2. The fourth-order valence-electron chi connectivity index (χ4n) is 6.77. The van der Waals surface area contributed by atoms with E-state index in [0.29, 0.717) is 32.1 Å². The van der Waals surface area contributed by atoms with Crippen LogP contribution in [0.4, 0.5) is 0 Å². The minimum absolute atomic E-state index is 0.127. The van der Waals surface area contributed by atoms with Crippen molar-refractivity contribution in [2.75, 3.05) is 0 Å². The van der Waals surface area contributed by atoms with E-state index in [9.17, 15) is 19.5 Å². The van der Waals surface area contributed by atoms with Crippen molar-refractivity contribution in [2.24, 2.45) is 22.2 Å². The average molecular weight is 537 g/mol. The second-order valence-electron chi connectivity index (χ2n) is 13.1.